The molecule has 0 bridgehead atoms. The van der Waals surface area contributed by atoms with E-state index in [2.05, 4.69) is 9.88 Å². The van der Waals surface area contributed by atoms with Gasteiger partial charge in [-0.15, -0.1) is 0 Å². The second kappa shape index (κ2) is 5.97. The van der Waals surface area contributed by atoms with E-state index in [1.807, 2.05) is 6.92 Å². The third-order valence-electron chi connectivity index (χ3n) is 3.04. The molecule has 5 nitrogen and oxygen atoms in total. The van der Waals surface area contributed by atoms with Gasteiger partial charge in [0.2, 0.25) is 0 Å². The van der Waals surface area contributed by atoms with Crippen molar-refractivity contribution in [3.05, 3.63) is 16.6 Å². The van der Waals surface area contributed by atoms with Gasteiger partial charge in [0.15, 0.2) is 5.13 Å². The number of rotatable bonds is 4. The lowest BCUT2D eigenvalue weighted by atomic mass is 10.1. The number of hydrogen-bond acceptors (Lipinski definition) is 5. The van der Waals surface area contributed by atoms with Gasteiger partial charge in [0.05, 0.1) is 10.6 Å². The van der Waals surface area contributed by atoms with Crippen LogP contribution in [-0.4, -0.2) is 34.9 Å². The van der Waals surface area contributed by atoms with Crippen LogP contribution in [0.2, 0.25) is 0 Å². The number of ketones is 1. The smallest absolute Gasteiger partial charge is 0.376 e. The minimum atomic E-state index is -1.44. The van der Waals surface area contributed by atoms with Crippen molar-refractivity contribution in [2.45, 2.75) is 26.2 Å². The zero-order valence-electron chi connectivity index (χ0n) is 10.8. The molecule has 0 aliphatic carbocycles. The Bertz CT molecular complexity index is 516. The fourth-order valence-electron chi connectivity index (χ4n) is 1.99. The molecule has 19 heavy (non-hydrogen) atoms. The third kappa shape index (κ3) is 3.41. The Labute approximate surface area is 115 Å². The summed E-state index contributed by atoms with van der Waals surface area (Å²) < 4.78 is 0. The molecular weight excluding hydrogens is 264 g/mol. The largest absolute Gasteiger partial charge is 0.475 e. The summed E-state index contributed by atoms with van der Waals surface area (Å²) >= 11 is 1.50. The van der Waals surface area contributed by atoms with Crippen LogP contribution in [0.3, 0.4) is 0 Å². The quantitative estimate of drug-likeness (QED) is 0.675. The molecule has 1 aliphatic heterocycles. The second-order valence-corrected chi connectivity index (χ2v) is 5.51. The minimum absolute atomic E-state index is 0.833. The number of anilines is 1. The normalized spacial score (nSPS) is 15.9. The number of carboxylic acids is 1. The van der Waals surface area contributed by atoms with Gasteiger partial charge in [0.1, 0.15) is 0 Å². The molecule has 0 saturated carbocycles. The van der Waals surface area contributed by atoms with Crippen molar-refractivity contribution < 1.29 is 14.7 Å². The van der Waals surface area contributed by atoms with Gasteiger partial charge in [-0.3, -0.25) is 4.79 Å². The molecule has 2 heterocycles. The van der Waals surface area contributed by atoms with E-state index in [1.165, 1.54) is 36.7 Å². The number of nitrogens with zero attached hydrogens (tertiary/aromatic N) is 2. The van der Waals surface area contributed by atoms with E-state index in [4.69, 9.17) is 5.11 Å². The highest BCUT2D eigenvalue weighted by molar-refractivity contribution is 7.16. The van der Waals surface area contributed by atoms with Crippen LogP contribution in [-0.2, 0) is 9.59 Å². The number of piperidine rings is 1. The van der Waals surface area contributed by atoms with E-state index in [9.17, 15) is 9.59 Å². The number of aromatic nitrogens is 1. The topological polar surface area (TPSA) is 70.5 Å². The lowest BCUT2D eigenvalue weighted by molar-refractivity contribution is -0.146. The van der Waals surface area contributed by atoms with Gasteiger partial charge >= 0.3 is 5.97 Å². The molecule has 102 valence electrons. The molecule has 1 fully saturated rings. The van der Waals surface area contributed by atoms with Crippen molar-refractivity contribution in [1.82, 2.24) is 4.98 Å². The first kappa shape index (κ1) is 13.7. The predicted octanol–water partition coefficient (Wildman–Crippen LogP) is 2.11. The summed E-state index contributed by atoms with van der Waals surface area (Å²) in [7, 11) is 0. The van der Waals surface area contributed by atoms with Crippen LogP contribution in [0.5, 0.6) is 0 Å². The van der Waals surface area contributed by atoms with Gasteiger partial charge < -0.3 is 10.0 Å². The fourth-order valence-corrected chi connectivity index (χ4v) is 3.01. The zero-order valence-corrected chi connectivity index (χ0v) is 11.6. The summed E-state index contributed by atoms with van der Waals surface area (Å²) in [4.78, 5) is 29.0. The second-order valence-electron chi connectivity index (χ2n) is 4.50. The molecule has 1 aromatic heterocycles. The molecule has 0 unspecified atom stereocenters. The summed E-state index contributed by atoms with van der Waals surface area (Å²) in [6.07, 6.45) is 6.25. The maximum Gasteiger partial charge on any atom is 0.376 e. The van der Waals surface area contributed by atoms with Crippen molar-refractivity contribution in [2.75, 3.05) is 18.0 Å². The number of carboxylic acid groups (broad SMARTS) is 1. The maximum absolute atomic E-state index is 11.0. The fraction of sp³-hybridized carbons (Fsp3) is 0.462. The van der Waals surface area contributed by atoms with Gasteiger partial charge in [-0.1, -0.05) is 11.3 Å². The Kier molecular flexibility index (Phi) is 4.31. The van der Waals surface area contributed by atoms with Gasteiger partial charge in [-0.25, -0.2) is 9.78 Å². The summed E-state index contributed by atoms with van der Waals surface area (Å²) in [6, 6.07) is 0. The molecule has 0 amide bonds. The molecule has 0 spiro atoms. The number of carbonyl (C=O) groups excluding carboxylic acids is 1. The van der Waals surface area contributed by atoms with E-state index < -0.39 is 11.8 Å². The number of thiazole rings is 1. The van der Waals surface area contributed by atoms with Gasteiger partial charge in [-0.2, -0.15) is 0 Å². The minimum Gasteiger partial charge on any atom is -0.475 e. The summed E-state index contributed by atoms with van der Waals surface area (Å²) in [5.41, 5.74) is 0.833. The van der Waals surface area contributed by atoms with Crippen molar-refractivity contribution in [3.63, 3.8) is 0 Å². The van der Waals surface area contributed by atoms with Crippen LogP contribution in [0.1, 0.15) is 29.8 Å². The zero-order chi connectivity index (χ0) is 13.8. The molecule has 1 N–H and O–H groups in total. The maximum atomic E-state index is 11.0. The van der Waals surface area contributed by atoms with Crippen LogP contribution in [0.15, 0.2) is 6.08 Å². The molecule has 0 atom stereocenters. The average Bonchev–Trinajstić information content (AvgIpc) is 2.78. The van der Waals surface area contributed by atoms with Crippen LogP contribution < -0.4 is 4.90 Å². The molecule has 1 saturated heterocycles. The number of carbonyl (C=O) groups is 2. The number of aryl methyl sites for hydroxylation is 1. The van der Waals surface area contributed by atoms with Gasteiger partial charge in [0, 0.05) is 13.1 Å². The lowest BCUT2D eigenvalue weighted by Crippen LogP contribution is -2.29. The van der Waals surface area contributed by atoms with E-state index >= 15 is 0 Å². The van der Waals surface area contributed by atoms with Crippen LogP contribution in [0, 0.1) is 6.92 Å². The van der Waals surface area contributed by atoms with E-state index in [1.54, 1.807) is 0 Å². The summed E-state index contributed by atoms with van der Waals surface area (Å²) in [6.45, 7) is 3.91. The van der Waals surface area contributed by atoms with E-state index in [0.29, 0.717) is 0 Å². The van der Waals surface area contributed by atoms with Crippen molar-refractivity contribution in [2.24, 2.45) is 0 Å². The molecule has 2 rings (SSSR count). The Morgan fingerprint density at radius 1 is 1.32 bits per heavy atom. The predicted molar refractivity (Wildman–Crippen MR) is 74.6 cm³/mol. The first-order valence-corrected chi connectivity index (χ1v) is 7.07. The summed E-state index contributed by atoms with van der Waals surface area (Å²) in [5.74, 6) is -2.35. The Morgan fingerprint density at radius 2 is 2.00 bits per heavy atom. The Balaban J connectivity index is 2.12. The standard InChI is InChI=1S/C13H16N2O3S/c1-9-11(6-5-10(16)12(17)18)19-13(14-9)15-7-3-2-4-8-15/h5-6H,2-4,7-8H2,1H3,(H,17,18)/b6-5+. The van der Waals surface area contributed by atoms with Crippen molar-refractivity contribution in [1.29, 1.82) is 0 Å². The molecule has 1 aliphatic rings. The van der Waals surface area contributed by atoms with Crippen LogP contribution in [0.25, 0.3) is 6.08 Å². The molecule has 6 heteroatoms. The van der Waals surface area contributed by atoms with Crippen LogP contribution in [0.4, 0.5) is 5.13 Å². The van der Waals surface area contributed by atoms with E-state index in [-0.39, 0.29) is 0 Å². The third-order valence-corrected chi connectivity index (χ3v) is 4.23. The van der Waals surface area contributed by atoms with Gasteiger partial charge in [0.25, 0.3) is 5.78 Å². The Morgan fingerprint density at radius 3 is 2.63 bits per heavy atom. The molecular formula is C13H16N2O3S. The molecule has 0 radical (unpaired) electrons. The lowest BCUT2D eigenvalue weighted by Gasteiger charge is -2.25. The molecule has 0 aromatic carbocycles. The first-order chi connectivity index (χ1) is 9.08. The van der Waals surface area contributed by atoms with E-state index in [0.717, 1.165) is 34.9 Å². The monoisotopic (exact) mass is 280 g/mol. The SMILES string of the molecule is Cc1nc(N2CCCCC2)sc1/C=C/C(=O)C(=O)O. The van der Waals surface area contributed by atoms with Crippen molar-refractivity contribution >= 4 is 34.3 Å². The number of hydrogen-bond donors (Lipinski definition) is 1. The van der Waals surface area contributed by atoms with Crippen molar-refractivity contribution in [3.8, 4) is 0 Å². The first-order valence-electron chi connectivity index (χ1n) is 6.25. The van der Waals surface area contributed by atoms with Crippen LogP contribution >= 0.6 is 11.3 Å². The Hall–Kier alpha value is -1.69. The highest BCUT2D eigenvalue weighted by Crippen LogP contribution is 2.29. The average molecular weight is 280 g/mol. The number of aliphatic carboxylic acids is 1. The summed E-state index contributed by atoms with van der Waals surface area (Å²) in [5, 5.41) is 9.48. The molecule has 1 aromatic rings. The highest BCUT2D eigenvalue weighted by Gasteiger charge is 2.16. The van der Waals surface area contributed by atoms with Gasteiger partial charge in [-0.05, 0) is 38.3 Å². The highest BCUT2D eigenvalue weighted by atomic mass is 32.1.